The highest BCUT2D eigenvalue weighted by atomic mass is 16.5. The average molecular weight is 1130 g/mol. The molecule has 0 aromatic heterocycles. The summed E-state index contributed by atoms with van der Waals surface area (Å²) in [5.74, 6) is -0.0214. The molecular formula is C74H143NO5. The molecule has 2 unspecified atom stereocenters. The Labute approximate surface area is 501 Å². The first kappa shape index (κ1) is 78.3. The molecule has 2 atom stereocenters. The van der Waals surface area contributed by atoms with Gasteiger partial charge in [-0.25, -0.2) is 0 Å². The fourth-order valence-corrected chi connectivity index (χ4v) is 11.7. The number of nitrogens with one attached hydrogen (secondary N) is 1. The van der Waals surface area contributed by atoms with Crippen molar-refractivity contribution in [3.05, 3.63) is 24.3 Å². The lowest BCUT2D eigenvalue weighted by Gasteiger charge is -2.22. The molecule has 474 valence electrons. The van der Waals surface area contributed by atoms with Gasteiger partial charge in [-0.1, -0.05) is 366 Å². The standard InChI is InChI=1S/C74H143NO5/c1-3-5-7-9-11-13-15-17-19-21-32-35-38-42-46-50-54-58-62-66-72(77)71(70-76)75-73(78)67-63-59-55-51-47-43-39-36-33-30-28-26-24-22-23-25-27-29-31-34-37-41-45-49-53-57-61-65-69-80-74(79)68-64-60-56-52-48-44-40-20-18-16-14-12-10-8-6-4-2/h14,16,20,40,71-72,76-77H,3-13,15,17-19,21-39,41-70H2,1-2H3,(H,75,78)/b16-14-,40-20-. The van der Waals surface area contributed by atoms with E-state index >= 15 is 0 Å². The van der Waals surface area contributed by atoms with Gasteiger partial charge in [0.05, 0.1) is 25.4 Å². The van der Waals surface area contributed by atoms with Crippen LogP contribution in [0.5, 0.6) is 0 Å². The van der Waals surface area contributed by atoms with E-state index in [1.54, 1.807) is 0 Å². The first-order valence-corrected chi connectivity index (χ1v) is 36.6. The SMILES string of the molecule is CCCCCC/C=C\C/C=C\CCCCCCCC(=O)OCCCCCCCCCCCCCCCCCCCCCCCCCCCCCCC(=O)NC(CO)C(O)CCCCCCCCCCCCCCCCCCCCC. The van der Waals surface area contributed by atoms with E-state index in [4.69, 9.17) is 4.74 Å². The van der Waals surface area contributed by atoms with Crippen LogP contribution in [-0.4, -0.2) is 47.4 Å². The van der Waals surface area contributed by atoms with Crippen LogP contribution in [-0.2, 0) is 14.3 Å². The van der Waals surface area contributed by atoms with Gasteiger partial charge in [-0.05, 0) is 57.8 Å². The van der Waals surface area contributed by atoms with Crippen molar-refractivity contribution in [3.8, 4) is 0 Å². The van der Waals surface area contributed by atoms with Gasteiger partial charge < -0.3 is 20.3 Å². The zero-order valence-corrected chi connectivity index (χ0v) is 54.3. The highest BCUT2D eigenvalue weighted by Gasteiger charge is 2.20. The van der Waals surface area contributed by atoms with Gasteiger partial charge in [0.15, 0.2) is 0 Å². The Kier molecular flexibility index (Phi) is 68.4. The van der Waals surface area contributed by atoms with E-state index in [0.717, 1.165) is 51.4 Å². The van der Waals surface area contributed by atoms with E-state index in [-0.39, 0.29) is 18.5 Å². The average Bonchev–Trinajstić information content (AvgIpc) is 3.46. The Balaban J connectivity index is 3.34. The van der Waals surface area contributed by atoms with Crippen LogP contribution in [0.2, 0.25) is 0 Å². The first-order chi connectivity index (χ1) is 39.5. The summed E-state index contributed by atoms with van der Waals surface area (Å²) in [4.78, 5) is 24.6. The molecule has 0 saturated carbocycles. The van der Waals surface area contributed by atoms with Crippen LogP contribution in [0.4, 0.5) is 0 Å². The van der Waals surface area contributed by atoms with Gasteiger partial charge in [0.25, 0.3) is 0 Å². The number of unbranched alkanes of at least 4 members (excludes halogenated alkanes) is 54. The third-order valence-corrected chi connectivity index (χ3v) is 17.3. The highest BCUT2D eigenvalue weighted by Crippen LogP contribution is 2.19. The second kappa shape index (κ2) is 69.8. The molecule has 6 heteroatoms. The number of rotatable bonds is 69. The Hall–Kier alpha value is -1.66. The number of aliphatic hydroxyl groups is 2. The number of hydrogen-bond acceptors (Lipinski definition) is 5. The molecule has 0 aliphatic heterocycles. The van der Waals surface area contributed by atoms with E-state index in [1.807, 2.05) is 0 Å². The number of aliphatic hydroxyl groups excluding tert-OH is 2. The molecule has 3 N–H and O–H groups in total. The van der Waals surface area contributed by atoms with Gasteiger partial charge in [0, 0.05) is 12.8 Å². The number of carbonyl (C=O) groups excluding carboxylic acids is 2. The molecule has 0 spiro atoms. The lowest BCUT2D eigenvalue weighted by atomic mass is 10.0. The summed E-state index contributed by atoms with van der Waals surface area (Å²) in [6.45, 7) is 4.97. The zero-order chi connectivity index (χ0) is 57.8. The number of amides is 1. The van der Waals surface area contributed by atoms with E-state index in [0.29, 0.717) is 25.9 Å². The molecule has 0 rings (SSSR count). The summed E-state index contributed by atoms with van der Waals surface area (Å²) in [7, 11) is 0. The largest absolute Gasteiger partial charge is 0.466 e. The van der Waals surface area contributed by atoms with Crippen LogP contribution in [0.3, 0.4) is 0 Å². The fourth-order valence-electron chi connectivity index (χ4n) is 11.7. The zero-order valence-electron chi connectivity index (χ0n) is 54.3. The van der Waals surface area contributed by atoms with Gasteiger partial charge >= 0.3 is 5.97 Å². The Morgan fingerprint density at radius 1 is 0.350 bits per heavy atom. The summed E-state index contributed by atoms with van der Waals surface area (Å²) < 4.78 is 5.49. The maximum absolute atomic E-state index is 12.5. The van der Waals surface area contributed by atoms with Crippen molar-refractivity contribution in [2.75, 3.05) is 13.2 Å². The number of allylic oxidation sites excluding steroid dienone is 4. The summed E-state index contributed by atoms with van der Waals surface area (Å²) >= 11 is 0. The van der Waals surface area contributed by atoms with Crippen molar-refractivity contribution in [2.24, 2.45) is 0 Å². The highest BCUT2D eigenvalue weighted by molar-refractivity contribution is 5.76. The second-order valence-electron chi connectivity index (χ2n) is 25.3. The second-order valence-corrected chi connectivity index (χ2v) is 25.3. The van der Waals surface area contributed by atoms with Crippen LogP contribution in [0.15, 0.2) is 24.3 Å². The quantitative estimate of drug-likeness (QED) is 0.0320. The molecular weight excluding hydrogens is 983 g/mol. The molecule has 0 aromatic carbocycles. The van der Waals surface area contributed by atoms with Crippen molar-refractivity contribution in [2.45, 2.75) is 424 Å². The van der Waals surface area contributed by atoms with Crippen LogP contribution in [0.1, 0.15) is 412 Å². The molecule has 0 fully saturated rings. The molecule has 0 heterocycles. The van der Waals surface area contributed by atoms with Crippen LogP contribution in [0.25, 0.3) is 0 Å². The number of carbonyl (C=O) groups is 2. The van der Waals surface area contributed by atoms with Crippen molar-refractivity contribution >= 4 is 11.9 Å². The van der Waals surface area contributed by atoms with Gasteiger partial charge in [-0.3, -0.25) is 9.59 Å². The van der Waals surface area contributed by atoms with Crippen molar-refractivity contribution in [1.82, 2.24) is 5.32 Å². The minimum atomic E-state index is -0.663. The van der Waals surface area contributed by atoms with Crippen LogP contribution in [0, 0.1) is 0 Å². The minimum Gasteiger partial charge on any atom is -0.466 e. The molecule has 0 saturated heterocycles. The topological polar surface area (TPSA) is 95.9 Å². The molecule has 80 heavy (non-hydrogen) atoms. The fraction of sp³-hybridized carbons (Fsp3) is 0.919. The van der Waals surface area contributed by atoms with Gasteiger partial charge in [-0.2, -0.15) is 0 Å². The third kappa shape index (κ3) is 65.5. The Morgan fingerprint density at radius 2 is 0.625 bits per heavy atom. The Morgan fingerprint density at radius 3 is 0.963 bits per heavy atom. The maximum atomic E-state index is 12.5. The summed E-state index contributed by atoms with van der Waals surface area (Å²) in [5.41, 5.74) is 0. The minimum absolute atomic E-state index is 0.00616. The molecule has 6 nitrogen and oxygen atoms in total. The van der Waals surface area contributed by atoms with E-state index in [2.05, 4.69) is 43.5 Å². The number of hydrogen-bond donors (Lipinski definition) is 3. The van der Waals surface area contributed by atoms with Gasteiger partial charge in [0.2, 0.25) is 5.91 Å². The van der Waals surface area contributed by atoms with Crippen molar-refractivity contribution in [3.63, 3.8) is 0 Å². The lowest BCUT2D eigenvalue weighted by molar-refractivity contribution is -0.143. The normalized spacial score (nSPS) is 12.6. The molecule has 1 amide bonds. The molecule has 0 radical (unpaired) electrons. The van der Waals surface area contributed by atoms with Crippen LogP contribution < -0.4 is 5.32 Å². The Bertz CT molecular complexity index is 1250. The number of esters is 1. The maximum Gasteiger partial charge on any atom is 0.305 e. The smallest absolute Gasteiger partial charge is 0.305 e. The molecule has 0 aromatic rings. The van der Waals surface area contributed by atoms with Gasteiger partial charge in [-0.15, -0.1) is 0 Å². The predicted molar refractivity (Wildman–Crippen MR) is 352 cm³/mol. The summed E-state index contributed by atoms with van der Waals surface area (Å²) in [5, 5.41) is 23.4. The molecule has 0 aliphatic rings. The van der Waals surface area contributed by atoms with Crippen molar-refractivity contribution in [1.29, 1.82) is 0 Å². The summed E-state index contributed by atoms with van der Waals surface area (Å²) in [6, 6.07) is -0.540. The number of ether oxygens (including phenoxy) is 1. The lowest BCUT2D eigenvalue weighted by Crippen LogP contribution is -2.45. The third-order valence-electron chi connectivity index (χ3n) is 17.3. The predicted octanol–water partition coefficient (Wildman–Crippen LogP) is 23.7. The molecule has 0 bridgehead atoms. The van der Waals surface area contributed by atoms with E-state index in [9.17, 15) is 19.8 Å². The molecule has 0 aliphatic carbocycles. The first-order valence-electron chi connectivity index (χ1n) is 36.6. The van der Waals surface area contributed by atoms with E-state index in [1.165, 1.54) is 327 Å². The monoisotopic (exact) mass is 1130 g/mol. The van der Waals surface area contributed by atoms with Gasteiger partial charge in [0.1, 0.15) is 0 Å². The van der Waals surface area contributed by atoms with E-state index < -0.39 is 12.1 Å². The summed E-state index contributed by atoms with van der Waals surface area (Å²) in [6.07, 6.45) is 88.1. The van der Waals surface area contributed by atoms with Crippen molar-refractivity contribution < 1.29 is 24.5 Å². The van der Waals surface area contributed by atoms with Crippen LogP contribution >= 0.6 is 0 Å².